The van der Waals surface area contributed by atoms with Crippen LogP contribution in [0.25, 0.3) is 0 Å². The molecule has 2 atom stereocenters. The Morgan fingerprint density at radius 2 is 1.94 bits per heavy atom. The molecule has 0 aliphatic carbocycles. The van der Waals surface area contributed by atoms with Crippen LogP contribution >= 0.6 is 16.1 Å². The number of fused-ring (bicyclic) bond motifs is 5. The van der Waals surface area contributed by atoms with Gasteiger partial charge in [-0.05, 0) is 35.7 Å². The number of ether oxygens (including phenoxy) is 1. The quantitative estimate of drug-likeness (QED) is 0.579. The Balaban J connectivity index is 1.50. The van der Waals surface area contributed by atoms with Gasteiger partial charge in [-0.1, -0.05) is 48.5 Å². The number of anilines is 1. The molecule has 6 nitrogen and oxygen atoms in total. The minimum Gasteiger partial charge on any atom is -0.357 e. The highest BCUT2D eigenvalue weighted by atomic mass is 79.9. The first kappa shape index (κ1) is 19.4. The van der Waals surface area contributed by atoms with Gasteiger partial charge < -0.3 is 9.64 Å². The summed E-state index contributed by atoms with van der Waals surface area (Å²) >= 11 is 3.69. The predicted octanol–water partition coefficient (Wildman–Crippen LogP) is 3.76. The van der Waals surface area contributed by atoms with Crippen molar-refractivity contribution in [2.24, 2.45) is 0 Å². The van der Waals surface area contributed by atoms with Gasteiger partial charge in [0.15, 0.2) is 5.66 Å². The van der Waals surface area contributed by atoms with E-state index in [1.807, 2.05) is 16.3 Å². The Hall–Kier alpha value is -2.29. The standard InChI is InChI=1S/C24H24BrN5O/c25-30-17-29-21-15-19(14-18-6-2-1-3-7-18)9-10-20(21)23-28(12-13-31-23)16-24(29,27-30)22-8-4-5-11-26-22/h1-11,15,23,27H,12-14,16-17H2. The largest absolute Gasteiger partial charge is 0.357 e. The third kappa shape index (κ3) is 3.28. The fourth-order valence-corrected chi connectivity index (χ4v) is 5.57. The summed E-state index contributed by atoms with van der Waals surface area (Å²) in [6.07, 6.45) is 2.74. The summed E-state index contributed by atoms with van der Waals surface area (Å²) < 4.78 is 8.20. The molecule has 1 N–H and O–H groups in total. The van der Waals surface area contributed by atoms with Crippen LogP contribution in [-0.2, 0) is 16.8 Å². The van der Waals surface area contributed by atoms with E-state index in [1.54, 1.807) is 0 Å². The van der Waals surface area contributed by atoms with Gasteiger partial charge in [0.05, 0.1) is 19.0 Å². The highest BCUT2D eigenvalue weighted by Crippen LogP contribution is 2.46. The molecule has 2 aromatic carbocycles. The first-order valence-corrected chi connectivity index (χ1v) is 11.4. The van der Waals surface area contributed by atoms with Gasteiger partial charge >= 0.3 is 0 Å². The third-order valence-electron chi connectivity index (χ3n) is 6.44. The second-order valence-electron chi connectivity index (χ2n) is 8.37. The van der Waals surface area contributed by atoms with Crippen molar-refractivity contribution in [1.29, 1.82) is 0 Å². The van der Waals surface area contributed by atoms with Gasteiger partial charge in [-0.25, -0.2) is 5.43 Å². The van der Waals surface area contributed by atoms with E-state index in [2.05, 4.69) is 92.0 Å². The smallest absolute Gasteiger partial charge is 0.162 e. The van der Waals surface area contributed by atoms with Crippen LogP contribution in [0.4, 0.5) is 5.69 Å². The summed E-state index contributed by atoms with van der Waals surface area (Å²) in [5, 5.41) is 0. The Bertz CT molecular complexity index is 1080. The highest BCUT2D eigenvalue weighted by Gasteiger charge is 2.52. The summed E-state index contributed by atoms with van der Waals surface area (Å²) in [6.45, 7) is 3.12. The Morgan fingerprint density at radius 3 is 2.77 bits per heavy atom. The zero-order chi connectivity index (χ0) is 20.8. The average molecular weight is 478 g/mol. The number of hydrogen-bond donors (Lipinski definition) is 1. The highest BCUT2D eigenvalue weighted by molar-refractivity contribution is 9.07. The second kappa shape index (κ2) is 7.69. The zero-order valence-corrected chi connectivity index (χ0v) is 18.7. The number of aromatic nitrogens is 1. The van der Waals surface area contributed by atoms with E-state index in [-0.39, 0.29) is 6.23 Å². The Morgan fingerprint density at radius 1 is 1.06 bits per heavy atom. The number of nitrogens with one attached hydrogen (secondary N) is 1. The van der Waals surface area contributed by atoms with Gasteiger partial charge in [0, 0.05) is 46.7 Å². The lowest BCUT2D eigenvalue weighted by Gasteiger charge is -2.38. The summed E-state index contributed by atoms with van der Waals surface area (Å²) in [5.41, 5.74) is 9.21. The first-order valence-electron chi connectivity index (χ1n) is 10.7. The molecule has 3 aliphatic rings. The molecule has 3 aromatic rings. The van der Waals surface area contributed by atoms with Crippen molar-refractivity contribution in [2.45, 2.75) is 18.3 Å². The third-order valence-corrected chi connectivity index (χ3v) is 6.84. The lowest BCUT2D eigenvalue weighted by molar-refractivity contribution is 0.0224. The molecule has 2 unspecified atom stereocenters. The van der Waals surface area contributed by atoms with Crippen molar-refractivity contribution in [3.63, 3.8) is 0 Å². The first-order chi connectivity index (χ1) is 15.2. The van der Waals surface area contributed by atoms with E-state index < -0.39 is 5.66 Å². The second-order valence-corrected chi connectivity index (χ2v) is 9.22. The molecule has 0 bridgehead atoms. The van der Waals surface area contributed by atoms with Crippen molar-refractivity contribution in [3.8, 4) is 0 Å². The maximum Gasteiger partial charge on any atom is 0.162 e. The maximum absolute atomic E-state index is 6.22. The number of pyridine rings is 1. The monoisotopic (exact) mass is 477 g/mol. The van der Waals surface area contributed by atoms with E-state index in [0.717, 1.165) is 31.8 Å². The minimum absolute atomic E-state index is 0.0301. The molecule has 31 heavy (non-hydrogen) atoms. The average Bonchev–Trinajstić information content (AvgIpc) is 3.37. The molecule has 1 aromatic heterocycles. The van der Waals surface area contributed by atoms with Crippen LogP contribution in [0.2, 0.25) is 0 Å². The number of halogens is 1. The van der Waals surface area contributed by atoms with Crippen molar-refractivity contribution >= 4 is 21.8 Å². The van der Waals surface area contributed by atoms with Crippen LogP contribution < -0.4 is 10.3 Å². The summed E-state index contributed by atoms with van der Waals surface area (Å²) in [7, 11) is 0. The summed E-state index contributed by atoms with van der Waals surface area (Å²) in [6, 6.07) is 23.6. The van der Waals surface area contributed by atoms with E-state index in [9.17, 15) is 0 Å². The lowest BCUT2D eigenvalue weighted by atomic mass is 9.99. The van der Waals surface area contributed by atoms with Gasteiger partial charge in [-0.3, -0.25) is 9.88 Å². The van der Waals surface area contributed by atoms with Crippen molar-refractivity contribution in [3.05, 3.63) is 95.3 Å². The van der Waals surface area contributed by atoms with Crippen LogP contribution in [-0.4, -0.2) is 40.3 Å². The fraction of sp³-hybridized carbons (Fsp3) is 0.292. The summed E-state index contributed by atoms with van der Waals surface area (Å²) in [5.74, 6) is 0. The van der Waals surface area contributed by atoms with E-state index in [4.69, 9.17) is 9.72 Å². The molecule has 158 valence electrons. The molecule has 7 heteroatoms. The van der Waals surface area contributed by atoms with E-state index in [0.29, 0.717) is 6.67 Å². The number of hydrazine groups is 1. The molecule has 6 rings (SSSR count). The van der Waals surface area contributed by atoms with Gasteiger partial charge in [0.25, 0.3) is 0 Å². The predicted molar refractivity (Wildman–Crippen MR) is 123 cm³/mol. The van der Waals surface area contributed by atoms with E-state index in [1.165, 1.54) is 22.4 Å². The molecular weight excluding hydrogens is 454 g/mol. The Kier molecular flexibility index (Phi) is 4.81. The van der Waals surface area contributed by atoms with Gasteiger partial charge in [0.1, 0.15) is 6.23 Å². The molecule has 0 radical (unpaired) electrons. The van der Waals surface area contributed by atoms with Crippen LogP contribution in [0.15, 0.2) is 72.9 Å². The molecule has 2 saturated heterocycles. The minimum atomic E-state index is -0.479. The van der Waals surface area contributed by atoms with Crippen molar-refractivity contribution in [2.75, 3.05) is 31.3 Å². The van der Waals surface area contributed by atoms with Gasteiger partial charge in [-0.15, -0.1) is 0 Å². The SMILES string of the molecule is BrN1CN2c3cc(Cc4ccccc4)ccc3C3OCCN3CC2(c2ccccn2)N1. The number of rotatable bonds is 3. The van der Waals surface area contributed by atoms with E-state index >= 15 is 0 Å². The normalized spacial score (nSPS) is 25.7. The zero-order valence-electron chi connectivity index (χ0n) is 17.1. The molecule has 0 saturated carbocycles. The van der Waals surface area contributed by atoms with Gasteiger partial charge in [-0.2, -0.15) is 4.03 Å². The number of nitrogens with zero attached hydrogens (tertiary/aromatic N) is 4. The molecular formula is C24H24BrN5O. The van der Waals surface area contributed by atoms with Crippen LogP contribution in [0.1, 0.15) is 28.6 Å². The number of hydrogen-bond acceptors (Lipinski definition) is 6. The maximum atomic E-state index is 6.22. The van der Waals surface area contributed by atoms with Crippen molar-refractivity contribution in [1.82, 2.24) is 19.3 Å². The topological polar surface area (TPSA) is 43.9 Å². The number of benzene rings is 2. The summed E-state index contributed by atoms with van der Waals surface area (Å²) in [4.78, 5) is 9.62. The van der Waals surface area contributed by atoms with Crippen LogP contribution in [0.3, 0.4) is 0 Å². The van der Waals surface area contributed by atoms with Crippen LogP contribution in [0.5, 0.6) is 0 Å². The van der Waals surface area contributed by atoms with Crippen LogP contribution in [0, 0.1) is 0 Å². The molecule has 2 fully saturated rings. The molecule has 0 amide bonds. The van der Waals surface area contributed by atoms with Crippen molar-refractivity contribution < 1.29 is 4.74 Å². The Labute approximate surface area is 190 Å². The lowest BCUT2D eigenvalue weighted by Crippen LogP contribution is -2.56. The fourth-order valence-electron chi connectivity index (χ4n) is 5.05. The molecule has 4 heterocycles. The van der Waals surface area contributed by atoms with Gasteiger partial charge in [0.2, 0.25) is 0 Å². The molecule has 3 aliphatic heterocycles. The molecule has 0 spiro atoms.